The monoisotopic (exact) mass is 330 g/mol. The van der Waals surface area contributed by atoms with E-state index < -0.39 is 28.4 Å². The number of hydrogen-bond donors (Lipinski definition) is 1. The van der Waals surface area contributed by atoms with Crippen molar-refractivity contribution in [2.24, 2.45) is 0 Å². The molecular weight excluding hydrogens is 322 g/mol. The minimum Gasteiger partial charge on any atom is -0.478 e. The van der Waals surface area contributed by atoms with Crippen molar-refractivity contribution < 1.29 is 22.9 Å². The fraction of sp³-hybridized carbons (Fsp3) is 0.0714. The van der Waals surface area contributed by atoms with E-state index in [4.69, 9.17) is 16.7 Å². The number of aromatic carboxylic acids is 1. The Balaban J connectivity index is 2.28. The maximum Gasteiger partial charge on any atom is 0.335 e. The van der Waals surface area contributed by atoms with E-state index in [1.165, 1.54) is 12.1 Å². The highest BCUT2D eigenvalue weighted by Gasteiger charge is 2.13. The summed E-state index contributed by atoms with van der Waals surface area (Å²) in [6, 6.07) is 6.81. The zero-order chi connectivity index (χ0) is 15.6. The zero-order valence-electron chi connectivity index (χ0n) is 10.5. The molecule has 2 aromatic carbocycles. The van der Waals surface area contributed by atoms with Gasteiger partial charge in [-0.3, -0.25) is 4.21 Å². The van der Waals surface area contributed by atoms with Gasteiger partial charge in [-0.1, -0.05) is 11.6 Å². The molecule has 1 atom stereocenters. The molecule has 0 amide bonds. The Morgan fingerprint density at radius 3 is 2.43 bits per heavy atom. The van der Waals surface area contributed by atoms with Crippen molar-refractivity contribution >= 4 is 28.4 Å². The minimum atomic E-state index is -1.67. The van der Waals surface area contributed by atoms with Crippen molar-refractivity contribution in [3.8, 4) is 0 Å². The Morgan fingerprint density at radius 2 is 1.81 bits per heavy atom. The fourth-order valence-electron chi connectivity index (χ4n) is 1.66. The molecule has 3 nitrogen and oxygen atoms in total. The summed E-state index contributed by atoms with van der Waals surface area (Å²) in [6.45, 7) is 0. The Hall–Kier alpha value is -1.79. The molecule has 0 saturated heterocycles. The average Bonchev–Trinajstić information content (AvgIpc) is 2.43. The number of hydrogen-bond acceptors (Lipinski definition) is 2. The third-order valence-corrected chi connectivity index (χ3v) is 4.38. The van der Waals surface area contributed by atoms with Crippen LogP contribution in [0.1, 0.15) is 15.9 Å². The van der Waals surface area contributed by atoms with Crippen molar-refractivity contribution in [1.29, 1.82) is 0 Å². The van der Waals surface area contributed by atoms with Gasteiger partial charge in [0.15, 0.2) is 0 Å². The number of rotatable bonds is 4. The van der Waals surface area contributed by atoms with E-state index in [0.717, 1.165) is 24.3 Å². The molecule has 0 bridgehead atoms. The highest BCUT2D eigenvalue weighted by atomic mass is 35.5. The third-order valence-electron chi connectivity index (χ3n) is 2.73. The van der Waals surface area contributed by atoms with Gasteiger partial charge in [0.2, 0.25) is 0 Å². The fourth-order valence-corrected chi connectivity index (χ4v) is 3.05. The molecular formula is C14H9ClF2O3S. The van der Waals surface area contributed by atoms with Crippen LogP contribution in [-0.2, 0) is 16.6 Å². The predicted octanol–water partition coefficient (Wildman–Crippen LogP) is 3.62. The Labute approximate surface area is 126 Å². The topological polar surface area (TPSA) is 54.4 Å². The van der Waals surface area contributed by atoms with Crippen LogP contribution in [0, 0.1) is 11.6 Å². The number of carbonyl (C=O) groups is 1. The van der Waals surface area contributed by atoms with Gasteiger partial charge >= 0.3 is 5.97 Å². The van der Waals surface area contributed by atoms with Crippen LogP contribution < -0.4 is 0 Å². The Kier molecular flexibility index (Phi) is 4.69. The van der Waals surface area contributed by atoms with E-state index in [9.17, 15) is 17.8 Å². The van der Waals surface area contributed by atoms with Crippen LogP contribution in [0.5, 0.6) is 0 Å². The molecule has 0 fully saturated rings. The second-order valence-corrected chi connectivity index (χ2v) is 6.04. The molecule has 0 aliphatic carbocycles. The summed E-state index contributed by atoms with van der Waals surface area (Å²) in [4.78, 5) is 11.1. The summed E-state index contributed by atoms with van der Waals surface area (Å²) in [7, 11) is -1.67. The highest BCUT2D eigenvalue weighted by molar-refractivity contribution is 7.84. The van der Waals surface area contributed by atoms with Gasteiger partial charge in [0.1, 0.15) is 11.6 Å². The van der Waals surface area contributed by atoms with Crippen molar-refractivity contribution in [3.05, 3.63) is 64.2 Å². The maximum absolute atomic E-state index is 13.6. The molecule has 2 aromatic rings. The highest BCUT2D eigenvalue weighted by Crippen LogP contribution is 2.21. The van der Waals surface area contributed by atoms with Gasteiger partial charge in [0.25, 0.3) is 0 Å². The van der Waals surface area contributed by atoms with Gasteiger partial charge in [-0.2, -0.15) is 0 Å². The van der Waals surface area contributed by atoms with E-state index in [1.54, 1.807) is 0 Å². The van der Waals surface area contributed by atoms with E-state index in [2.05, 4.69) is 0 Å². The lowest BCUT2D eigenvalue weighted by Gasteiger charge is -2.06. The standard InChI is InChI=1S/C14H9ClF2O3S/c15-11-6-10(2-4-13(11)17)21(20)7-9-5-8(14(18)19)1-3-12(9)16/h1-6H,7H2,(H,18,19). The molecule has 0 radical (unpaired) electrons. The molecule has 0 spiro atoms. The van der Waals surface area contributed by atoms with Crippen LogP contribution in [0.25, 0.3) is 0 Å². The molecule has 0 saturated carbocycles. The summed E-state index contributed by atoms with van der Waals surface area (Å²) in [5.74, 6) is -2.72. The SMILES string of the molecule is O=C(O)c1ccc(F)c(CS(=O)c2ccc(F)c(Cl)c2)c1. The van der Waals surface area contributed by atoms with Gasteiger partial charge in [0, 0.05) is 10.5 Å². The van der Waals surface area contributed by atoms with E-state index >= 15 is 0 Å². The quantitative estimate of drug-likeness (QED) is 0.931. The minimum absolute atomic E-state index is 0.00804. The maximum atomic E-state index is 13.6. The van der Waals surface area contributed by atoms with E-state index in [1.807, 2.05) is 0 Å². The predicted molar refractivity (Wildman–Crippen MR) is 74.9 cm³/mol. The van der Waals surface area contributed by atoms with Crippen LogP contribution in [-0.4, -0.2) is 15.3 Å². The van der Waals surface area contributed by atoms with Gasteiger partial charge in [-0.15, -0.1) is 0 Å². The van der Waals surface area contributed by atoms with Crippen molar-refractivity contribution in [3.63, 3.8) is 0 Å². The lowest BCUT2D eigenvalue weighted by atomic mass is 10.1. The molecule has 0 aliphatic rings. The van der Waals surface area contributed by atoms with Crippen LogP contribution in [0.4, 0.5) is 8.78 Å². The number of benzene rings is 2. The van der Waals surface area contributed by atoms with Crippen molar-refractivity contribution in [1.82, 2.24) is 0 Å². The summed E-state index contributed by atoms with van der Waals surface area (Å²) < 4.78 is 38.8. The Bertz CT molecular complexity index is 734. The van der Waals surface area contributed by atoms with Gasteiger partial charge in [0.05, 0.1) is 27.1 Å². The first-order chi connectivity index (χ1) is 9.88. The molecule has 1 N–H and O–H groups in total. The number of carboxylic acid groups (broad SMARTS) is 1. The summed E-state index contributed by atoms with van der Waals surface area (Å²) in [6.07, 6.45) is 0. The molecule has 0 aromatic heterocycles. The second-order valence-electron chi connectivity index (χ2n) is 4.18. The summed E-state index contributed by atoms with van der Waals surface area (Å²) in [5.41, 5.74) is -0.0887. The van der Waals surface area contributed by atoms with Gasteiger partial charge in [-0.05, 0) is 36.4 Å². The van der Waals surface area contributed by atoms with E-state index in [-0.39, 0.29) is 26.8 Å². The lowest BCUT2D eigenvalue weighted by molar-refractivity contribution is 0.0696. The number of halogens is 3. The molecule has 110 valence electrons. The van der Waals surface area contributed by atoms with Crippen LogP contribution in [0.3, 0.4) is 0 Å². The second kappa shape index (κ2) is 6.32. The summed E-state index contributed by atoms with van der Waals surface area (Å²) in [5, 5.41) is 8.68. The van der Waals surface area contributed by atoms with Gasteiger partial charge < -0.3 is 5.11 Å². The average molecular weight is 331 g/mol. The van der Waals surface area contributed by atoms with Crippen LogP contribution >= 0.6 is 11.6 Å². The third kappa shape index (κ3) is 3.65. The zero-order valence-corrected chi connectivity index (χ0v) is 12.0. The molecule has 0 heterocycles. The summed E-state index contributed by atoms with van der Waals surface area (Å²) >= 11 is 5.60. The lowest BCUT2D eigenvalue weighted by Crippen LogP contribution is -2.03. The first-order valence-electron chi connectivity index (χ1n) is 5.73. The normalized spacial score (nSPS) is 12.1. The molecule has 21 heavy (non-hydrogen) atoms. The molecule has 0 aliphatic heterocycles. The van der Waals surface area contributed by atoms with Crippen molar-refractivity contribution in [2.75, 3.05) is 0 Å². The Morgan fingerprint density at radius 1 is 1.14 bits per heavy atom. The van der Waals surface area contributed by atoms with Crippen molar-refractivity contribution in [2.45, 2.75) is 10.6 Å². The van der Waals surface area contributed by atoms with Gasteiger partial charge in [-0.25, -0.2) is 13.6 Å². The first-order valence-corrected chi connectivity index (χ1v) is 7.43. The first kappa shape index (κ1) is 15.6. The molecule has 7 heteroatoms. The molecule has 1 unspecified atom stereocenters. The largest absolute Gasteiger partial charge is 0.478 e. The smallest absolute Gasteiger partial charge is 0.335 e. The molecule has 2 rings (SSSR count). The van der Waals surface area contributed by atoms with Crippen LogP contribution in [0.2, 0.25) is 5.02 Å². The van der Waals surface area contributed by atoms with Crippen LogP contribution in [0.15, 0.2) is 41.3 Å². The van der Waals surface area contributed by atoms with E-state index in [0.29, 0.717) is 0 Å². The number of carboxylic acids is 1.